The first-order chi connectivity index (χ1) is 25.8. The topological polar surface area (TPSA) is 30.4 Å². The summed E-state index contributed by atoms with van der Waals surface area (Å²) in [5.74, 6) is 0. The minimum absolute atomic E-state index is 0.906. The molecular formula is C49H28N2O. The summed E-state index contributed by atoms with van der Waals surface area (Å²) in [5.41, 5.74) is 11.0. The van der Waals surface area contributed by atoms with Crippen molar-refractivity contribution in [1.82, 2.24) is 9.38 Å². The third-order valence-electron chi connectivity index (χ3n) is 11.1. The van der Waals surface area contributed by atoms with Crippen molar-refractivity contribution < 1.29 is 4.42 Å². The van der Waals surface area contributed by atoms with Crippen LogP contribution in [0.2, 0.25) is 0 Å². The molecule has 3 nitrogen and oxygen atoms in total. The van der Waals surface area contributed by atoms with Crippen LogP contribution >= 0.6 is 0 Å². The summed E-state index contributed by atoms with van der Waals surface area (Å²) in [4.78, 5) is 5.10. The van der Waals surface area contributed by atoms with Crippen molar-refractivity contribution >= 4 is 92.6 Å². The van der Waals surface area contributed by atoms with Crippen molar-refractivity contribution in [3.05, 3.63) is 170 Å². The van der Waals surface area contributed by atoms with E-state index in [2.05, 4.69) is 174 Å². The molecule has 3 heteroatoms. The van der Waals surface area contributed by atoms with Crippen LogP contribution in [0.15, 0.2) is 174 Å². The Balaban J connectivity index is 1.15. The molecule has 0 amide bonds. The molecular weight excluding hydrogens is 633 g/mol. The van der Waals surface area contributed by atoms with Crippen LogP contribution in [0.3, 0.4) is 0 Å². The summed E-state index contributed by atoms with van der Waals surface area (Å²) in [6, 6.07) is 61.5. The van der Waals surface area contributed by atoms with Gasteiger partial charge in [0, 0.05) is 26.9 Å². The molecule has 0 radical (unpaired) electrons. The molecule has 0 unspecified atom stereocenters. The van der Waals surface area contributed by atoms with Crippen molar-refractivity contribution in [3.8, 4) is 22.3 Å². The van der Waals surface area contributed by atoms with Gasteiger partial charge in [-0.25, -0.2) is 4.98 Å². The van der Waals surface area contributed by atoms with Gasteiger partial charge in [0.2, 0.25) is 0 Å². The largest absolute Gasteiger partial charge is 0.455 e. The zero-order valence-electron chi connectivity index (χ0n) is 28.0. The van der Waals surface area contributed by atoms with E-state index >= 15 is 0 Å². The minimum Gasteiger partial charge on any atom is -0.455 e. The molecule has 0 spiro atoms. The number of aromatic nitrogens is 2. The van der Waals surface area contributed by atoms with Crippen molar-refractivity contribution in [2.75, 3.05) is 0 Å². The van der Waals surface area contributed by atoms with Crippen LogP contribution < -0.4 is 0 Å². The van der Waals surface area contributed by atoms with E-state index in [0.29, 0.717) is 0 Å². The van der Waals surface area contributed by atoms with E-state index in [4.69, 9.17) is 9.40 Å². The third kappa shape index (κ3) is 3.72. The summed E-state index contributed by atoms with van der Waals surface area (Å²) < 4.78 is 8.84. The fourth-order valence-corrected chi connectivity index (χ4v) is 8.88. The second kappa shape index (κ2) is 10.3. The minimum atomic E-state index is 0.906. The highest BCUT2D eigenvalue weighted by molar-refractivity contribution is 6.24. The Kier molecular flexibility index (Phi) is 5.50. The third-order valence-corrected chi connectivity index (χ3v) is 11.1. The highest BCUT2D eigenvalue weighted by Gasteiger charge is 2.20. The number of fused-ring (bicyclic) bond motifs is 15. The summed E-state index contributed by atoms with van der Waals surface area (Å²) in [6.07, 6.45) is 0. The summed E-state index contributed by atoms with van der Waals surface area (Å²) in [7, 11) is 0. The van der Waals surface area contributed by atoms with Gasteiger partial charge in [0.05, 0.1) is 16.6 Å². The molecule has 0 fully saturated rings. The van der Waals surface area contributed by atoms with Gasteiger partial charge in [-0.05, 0) is 97.0 Å². The van der Waals surface area contributed by atoms with Gasteiger partial charge < -0.3 is 4.42 Å². The van der Waals surface area contributed by atoms with Gasteiger partial charge in [-0.2, -0.15) is 0 Å². The smallest absolute Gasteiger partial charge is 0.146 e. The second-order valence-electron chi connectivity index (χ2n) is 13.9. The molecule has 0 saturated heterocycles. The molecule has 0 atom stereocenters. The highest BCUT2D eigenvalue weighted by atomic mass is 16.3. The van der Waals surface area contributed by atoms with Crippen molar-refractivity contribution in [2.45, 2.75) is 0 Å². The lowest BCUT2D eigenvalue weighted by Gasteiger charge is -2.18. The fraction of sp³-hybridized carbons (Fsp3) is 0. The van der Waals surface area contributed by atoms with E-state index < -0.39 is 0 Å². The van der Waals surface area contributed by atoms with Crippen LogP contribution in [-0.4, -0.2) is 9.38 Å². The summed E-state index contributed by atoms with van der Waals surface area (Å²) in [5, 5.41) is 13.1. The lowest BCUT2D eigenvalue weighted by atomic mass is 9.85. The molecule has 12 aromatic rings. The number of hydrogen-bond donors (Lipinski definition) is 0. The van der Waals surface area contributed by atoms with Crippen LogP contribution in [-0.2, 0) is 0 Å². The molecule has 240 valence electrons. The Hall–Kier alpha value is -6.97. The van der Waals surface area contributed by atoms with Gasteiger partial charge in [0.25, 0.3) is 0 Å². The number of nitrogens with zero attached hydrogens (tertiary/aromatic N) is 2. The predicted octanol–water partition coefficient (Wildman–Crippen LogP) is 13.5. The zero-order chi connectivity index (χ0) is 33.9. The SMILES string of the molecule is c1ccc2c(c1)ccc1c3cc(-c4c5ccccc5c(-c5ccc6c(c5)c5ccccc5c5nc7ccccc7n65)c5ccccc45)ccc3oc21. The normalized spacial score (nSPS) is 12.2. The van der Waals surface area contributed by atoms with Gasteiger partial charge >= 0.3 is 0 Å². The Morgan fingerprint density at radius 2 is 0.962 bits per heavy atom. The number of rotatable bonds is 2. The second-order valence-corrected chi connectivity index (χ2v) is 13.9. The number of para-hydroxylation sites is 2. The lowest BCUT2D eigenvalue weighted by Crippen LogP contribution is -1.94. The van der Waals surface area contributed by atoms with E-state index in [9.17, 15) is 0 Å². The maximum atomic E-state index is 6.51. The average molecular weight is 661 g/mol. The quantitative estimate of drug-likeness (QED) is 0.136. The first-order valence-corrected chi connectivity index (χ1v) is 17.8. The molecule has 0 aliphatic carbocycles. The van der Waals surface area contributed by atoms with Crippen LogP contribution in [0.4, 0.5) is 0 Å². The molecule has 9 aromatic carbocycles. The van der Waals surface area contributed by atoms with Crippen molar-refractivity contribution in [1.29, 1.82) is 0 Å². The Labute approximate surface area is 297 Å². The molecule has 0 aliphatic rings. The van der Waals surface area contributed by atoms with Crippen molar-refractivity contribution in [3.63, 3.8) is 0 Å². The number of imidazole rings is 1. The standard InChI is InChI=1S/C49H28N2O/c1-2-12-32-29(11-1)21-24-38-41-28-31(23-26-45(41)52-48(32)38)47-36-16-6-4-14-34(36)46(35-15-5-7-17-37(35)47)30-22-25-43-40(27-30)33-13-3-8-18-39(33)49-50-42-19-9-10-20-44(42)51(43)49/h1-28H. The summed E-state index contributed by atoms with van der Waals surface area (Å²) in [6.45, 7) is 0. The van der Waals surface area contributed by atoms with E-state index in [1.165, 1.54) is 60.0 Å². The van der Waals surface area contributed by atoms with Crippen LogP contribution in [0.5, 0.6) is 0 Å². The number of pyridine rings is 1. The number of hydrogen-bond acceptors (Lipinski definition) is 2. The van der Waals surface area contributed by atoms with Gasteiger partial charge in [0.15, 0.2) is 0 Å². The molecule has 52 heavy (non-hydrogen) atoms. The predicted molar refractivity (Wildman–Crippen MR) is 218 cm³/mol. The Morgan fingerprint density at radius 3 is 1.69 bits per heavy atom. The molecule has 0 bridgehead atoms. The monoisotopic (exact) mass is 660 g/mol. The van der Waals surface area contributed by atoms with Gasteiger partial charge in [0.1, 0.15) is 16.8 Å². The van der Waals surface area contributed by atoms with Crippen LogP contribution in [0.1, 0.15) is 0 Å². The average Bonchev–Trinajstić information content (AvgIpc) is 3.79. The molecule has 0 saturated carbocycles. The van der Waals surface area contributed by atoms with E-state index in [1.807, 2.05) is 0 Å². The first-order valence-electron chi connectivity index (χ1n) is 17.8. The van der Waals surface area contributed by atoms with Crippen molar-refractivity contribution in [2.24, 2.45) is 0 Å². The van der Waals surface area contributed by atoms with E-state index in [-0.39, 0.29) is 0 Å². The molecule has 0 aliphatic heterocycles. The van der Waals surface area contributed by atoms with Crippen LogP contribution in [0.25, 0.3) is 115 Å². The lowest BCUT2D eigenvalue weighted by molar-refractivity contribution is 0.672. The number of benzene rings is 9. The van der Waals surface area contributed by atoms with Crippen LogP contribution in [0, 0.1) is 0 Å². The maximum Gasteiger partial charge on any atom is 0.146 e. The van der Waals surface area contributed by atoms with E-state index in [1.54, 1.807) is 0 Å². The number of furan rings is 1. The molecule has 3 aromatic heterocycles. The molecule has 0 N–H and O–H groups in total. The molecule has 3 heterocycles. The van der Waals surface area contributed by atoms with E-state index in [0.717, 1.165) is 54.9 Å². The zero-order valence-corrected chi connectivity index (χ0v) is 28.0. The maximum absolute atomic E-state index is 6.51. The van der Waals surface area contributed by atoms with Gasteiger partial charge in [-0.1, -0.05) is 127 Å². The Morgan fingerprint density at radius 1 is 0.385 bits per heavy atom. The van der Waals surface area contributed by atoms with Gasteiger partial charge in [-0.15, -0.1) is 0 Å². The highest BCUT2D eigenvalue weighted by Crippen LogP contribution is 2.46. The first kappa shape index (κ1) is 27.8. The summed E-state index contributed by atoms with van der Waals surface area (Å²) >= 11 is 0. The van der Waals surface area contributed by atoms with Gasteiger partial charge in [-0.3, -0.25) is 4.40 Å². The fourth-order valence-electron chi connectivity index (χ4n) is 8.88. The molecule has 12 rings (SSSR count). The Bertz CT molecular complexity index is 3420.